The average Bonchev–Trinajstić information content (AvgIpc) is 2.60. The Morgan fingerprint density at radius 3 is 2.19 bits per heavy atom. The number of hydrogen-bond donors (Lipinski definition) is 0. The molecule has 0 saturated heterocycles. The summed E-state index contributed by atoms with van der Waals surface area (Å²) in [7, 11) is 0. The maximum atomic E-state index is 13.0. The fourth-order valence-corrected chi connectivity index (χ4v) is 2.32. The van der Waals surface area contributed by atoms with Crippen LogP contribution in [0.15, 0.2) is 48.5 Å². The van der Waals surface area contributed by atoms with Crippen molar-refractivity contribution in [2.45, 2.75) is 33.3 Å². The van der Waals surface area contributed by atoms with Crippen LogP contribution >= 0.6 is 0 Å². The van der Waals surface area contributed by atoms with Gasteiger partial charge in [-0.15, -0.1) is 0 Å². The van der Waals surface area contributed by atoms with Crippen molar-refractivity contribution < 1.29 is 28.6 Å². The number of carbonyl (C=O) groups is 3. The third-order valence-corrected chi connectivity index (χ3v) is 3.37. The molecule has 0 saturated carbocycles. The number of benzene rings is 2. The number of esters is 1. The Balaban J connectivity index is 2.50. The van der Waals surface area contributed by atoms with Crippen LogP contribution in [0, 0.1) is 0 Å². The van der Waals surface area contributed by atoms with Crippen LogP contribution in [0.1, 0.15) is 54.0 Å². The van der Waals surface area contributed by atoms with Crippen LogP contribution < -0.4 is 4.74 Å². The number of rotatable bonds is 5. The molecule has 0 heterocycles. The first kappa shape index (κ1) is 20.2. The maximum absolute atomic E-state index is 13.0. The molecule has 0 unspecified atom stereocenters. The predicted octanol–water partition coefficient (Wildman–Crippen LogP) is 4.41. The van der Waals surface area contributed by atoms with E-state index < -0.39 is 23.5 Å². The lowest BCUT2D eigenvalue weighted by atomic mass is 9.97. The van der Waals surface area contributed by atoms with Gasteiger partial charge in [-0.05, 0) is 39.8 Å². The zero-order valence-corrected chi connectivity index (χ0v) is 15.8. The Kier molecular flexibility index (Phi) is 6.34. The molecule has 2 rings (SSSR count). The Labute approximate surface area is 158 Å². The summed E-state index contributed by atoms with van der Waals surface area (Å²) >= 11 is 0. The normalized spacial score (nSPS) is 10.8. The van der Waals surface area contributed by atoms with Gasteiger partial charge in [-0.3, -0.25) is 4.79 Å². The quantitative estimate of drug-likeness (QED) is 0.441. The van der Waals surface area contributed by atoms with Crippen molar-refractivity contribution >= 4 is 17.9 Å². The van der Waals surface area contributed by atoms with Crippen molar-refractivity contribution in [3.63, 3.8) is 0 Å². The van der Waals surface area contributed by atoms with Crippen molar-refractivity contribution in [1.82, 2.24) is 0 Å². The molecular weight excluding hydrogens is 348 g/mol. The summed E-state index contributed by atoms with van der Waals surface area (Å²) in [6, 6.07) is 12.8. The highest BCUT2D eigenvalue weighted by molar-refractivity contribution is 6.16. The van der Waals surface area contributed by atoms with Gasteiger partial charge < -0.3 is 14.2 Å². The van der Waals surface area contributed by atoms with Crippen LogP contribution in [-0.4, -0.2) is 30.1 Å². The van der Waals surface area contributed by atoms with Gasteiger partial charge in [-0.25, -0.2) is 9.59 Å². The molecule has 6 heteroatoms. The molecule has 2 aromatic rings. The van der Waals surface area contributed by atoms with Crippen LogP contribution in [0.2, 0.25) is 0 Å². The van der Waals surface area contributed by atoms with E-state index in [0.29, 0.717) is 5.56 Å². The largest absolute Gasteiger partial charge is 0.514 e. The van der Waals surface area contributed by atoms with Crippen molar-refractivity contribution in [1.29, 1.82) is 0 Å². The second-order valence-electron chi connectivity index (χ2n) is 6.66. The third-order valence-electron chi connectivity index (χ3n) is 3.37. The minimum atomic E-state index is -0.967. The molecule has 6 nitrogen and oxygen atoms in total. The lowest BCUT2D eigenvalue weighted by Gasteiger charge is -2.19. The third kappa shape index (κ3) is 5.41. The smallest absolute Gasteiger partial charge is 0.462 e. The number of hydrogen-bond acceptors (Lipinski definition) is 6. The standard InChI is InChI=1S/C21H22O6/c1-5-25-19(23)15-12-9-13-16(26-20(24)27-21(2,3)4)17(15)18(22)14-10-7-6-8-11-14/h6-13H,5H2,1-4H3. The fourth-order valence-electron chi connectivity index (χ4n) is 2.32. The molecule has 27 heavy (non-hydrogen) atoms. The molecule has 0 spiro atoms. The van der Waals surface area contributed by atoms with E-state index in [0.717, 1.165) is 0 Å². The van der Waals surface area contributed by atoms with Gasteiger partial charge in [0.15, 0.2) is 5.78 Å². The van der Waals surface area contributed by atoms with E-state index in [9.17, 15) is 14.4 Å². The first-order valence-corrected chi connectivity index (χ1v) is 8.53. The highest BCUT2D eigenvalue weighted by atomic mass is 16.7. The highest BCUT2D eigenvalue weighted by Gasteiger charge is 2.26. The summed E-state index contributed by atoms with van der Waals surface area (Å²) < 4.78 is 15.4. The Morgan fingerprint density at radius 2 is 1.59 bits per heavy atom. The Morgan fingerprint density at radius 1 is 0.926 bits per heavy atom. The van der Waals surface area contributed by atoms with Crippen molar-refractivity contribution in [3.8, 4) is 5.75 Å². The molecule has 0 radical (unpaired) electrons. The summed E-state index contributed by atoms with van der Waals surface area (Å²) in [4.78, 5) is 37.4. The van der Waals surface area contributed by atoms with Gasteiger partial charge in [0.2, 0.25) is 0 Å². The van der Waals surface area contributed by atoms with Crippen LogP contribution in [0.4, 0.5) is 4.79 Å². The van der Waals surface area contributed by atoms with Gasteiger partial charge in [-0.2, -0.15) is 0 Å². The summed E-state index contributed by atoms with van der Waals surface area (Å²) in [6.07, 6.45) is -0.967. The minimum Gasteiger partial charge on any atom is -0.462 e. The second kappa shape index (κ2) is 8.49. The molecule has 0 aliphatic rings. The Hall–Kier alpha value is -3.15. The van der Waals surface area contributed by atoms with E-state index in [1.165, 1.54) is 18.2 Å². The topological polar surface area (TPSA) is 78.9 Å². The van der Waals surface area contributed by atoms with E-state index in [-0.39, 0.29) is 23.5 Å². The van der Waals surface area contributed by atoms with Crippen molar-refractivity contribution in [2.75, 3.05) is 6.61 Å². The van der Waals surface area contributed by atoms with Crippen LogP contribution in [-0.2, 0) is 9.47 Å². The van der Waals surface area contributed by atoms with Crippen molar-refractivity contribution in [3.05, 3.63) is 65.2 Å². The molecule has 0 bridgehead atoms. The van der Waals surface area contributed by atoms with Gasteiger partial charge in [0.25, 0.3) is 0 Å². The number of carbonyl (C=O) groups excluding carboxylic acids is 3. The molecular formula is C21H22O6. The Bertz CT molecular complexity index is 833. The number of ether oxygens (including phenoxy) is 3. The SMILES string of the molecule is CCOC(=O)c1cccc(OC(=O)OC(C)(C)C)c1C(=O)c1ccccc1. The summed E-state index contributed by atoms with van der Waals surface area (Å²) in [5, 5.41) is 0. The van der Waals surface area contributed by atoms with Crippen LogP contribution in [0.25, 0.3) is 0 Å². The van der Waals surface area contributed by atoms with E-state index in [4.69, 9.17) is 14.2 Å². The van der Waals surface area contributed by atoms with Gasteiger partial charge in [-0.1, -0.05) is 36.4 Å². The van der Waals surface area contributed by atoms with E-state index in [1.54, 1.807) is 58.0 Å². The summed E-state index contributed by atoms with van der Waals surface area (Å²) in [5.41, 5.74) is -0.442. The van der Waals surface area contributed by atoms with Crippen LogP contribution in [0.3, 0.4) is 0 Å². The molecule has 2 aromatic carbocycles. The van der Waals surface area contributed by atoms with E-state index in [1.807, 2.05) is 0 Å². The first-order valence-electron chi connectivity index (χ1n) is 8.53. The van der Waals surface area contributed by atoms with Gasteiger partial charge in [0.05, 0.1) is 17.7 Å². The predicted molar refractivity (Wildman–Crippen MR) is 99.1 cm³/mol. The van der Waals surface area contributed by atoms with Crippen molar-refractivity contribution in [2.24, 2.45) is 0 Å². The lowest BCUT2D eigenvalue weighted by molar-refractivity contribution is 0.0203. The molecule has 0 fully saturated rings. The first-order chi connectivity index (χ1) is 12.7. The fraction of sp³-hybridized carbons (Fsp3) is 0.286. The van der Waals surface area contributed by atoms with Crippen LogP contribution in [0.5, 0.6) is 5.75 Å². The zero-order chi connectivity index (χ0) is 20.0. The molecule has 0 atom stereocenters. The molecule has 0 N–H and O–H groups in total. The second-order valence-corrected chi connectivity index (χ2v) is 6.66. The molecule has 142 valence electrons. The molecule has 0 aromatic heterocycles. The minimum absolute atomic E-state index is 0.0201. The molecule has 0 amide bonds. The van der Waals surface area contributed by atoms with Gasteiger partial charge >= 0.3 is 12.1 Å². The average molecular weight is 370 g/mol. The maximum Gasteiger partial charge on any atom is 0.514 e. The van der Waals surface area contributed by atoms with E-state index >= 15 is 0 Å². The summed E-state index contributed by atoms with van der Waals surface area (Å²) in [6.45, 7) is 6.89. The monoisotopic (exact) mass is 370 g/mol. The summed E-state index contributed by atoms with van der Waals surface area (Å²) in [5.74, 6) is -1.20. The van der Waals surface area contributed by atoms with Gasteiger partial charge in [0.1, 0.15) is 11.4 Å². The van der Waals surface area contributed by atoms with E-state index in [2.05, 4.69) is 0 Å². The molecule has 0 aliphatic carbocycles. The van der Waals surface area contributed by atoms with Gasteiger partial charge in [0, 0.05) is 5.56 Å². The molecule has 0 aliphatic heterocycles. The zero-order valence-electron chi connectivity index (χ0n) is 15.8. The highest BCUT2D eigenvalue weighted by Crippen LogP contribution is 2.27. The number of ketones is 1. The lowest BCUT2D eigenvalue weighted by Crippen LogP contribution is -2.26.